The van der Waals surface area contributed by atoms with Gasteiger partial charge in [-0.25, -0.2) is 5.26 Å². The van der Waals surface area contributed by atoms with Gasteiger partial charge in [0.15, 0.2) is 11.5 Å². The molecule has 16 N–H and O–H groups in total. The molecule has 13 unspecified atom stereocenters. The van der Waals surface area contributed by atoms with E-state index in [1.165, 1.54) is 30.4 Å². The van der Waals surface area contributed by atoms with Crippen LogP contribution in [0.2, 0.25) is 0 Å². The molecule has 4 heterocycles. The Hall–Kier alpha value is -7.71. The summed E-state index contributed by atoms with van der Waals surface area (Å²) in [5, 5.41) is 124. The first-order chi connectivity index (χ1) is 44.4. The van der Waals surface area contributed by atoms with Crippen LogP contribution in [0.25, 0.3) is 21.1 Å². The SMILES string of the molecule is COCCCCCCCCOc1ccc(-c2nnc(-c3ccc(C(=O)N[C@H]4CC(O)CNC(=O)C5C(O)C(C)CN5C(=O)C(C(O)CC(N)=O)NC(=O)C(C(O)C(O)c5ccc(O)c(OSOOO)c5)NC(=O)C5CC(O)CN5C(=O)C(C(C)O)NC4=O)cc3)s2)cc1. The van der Waals surface area contributed by atoms with Crippen LogP contribution in [0.3, 0.4) is 0 Å². The highest BCUT2D eigenvalue weighted by molar-refractivity contribution is 7.90. The number of carbonyl (C=O) groups is 8. The average Bonchev–Trinajstić information content (AvgIpc) is 1.74. The van der Waals surface area contributed by atoms with Crippen LogP contribution in [0.5, 0.6) is 17.2 Å². The summed E-state index contributed by atoms with van der Waals surface area (Å²) >= 11 is 1.26. The molecule has 0 aliphatic carbocycles. The fourth-order valence-electron chi connectivity index (χ4n) is 10.8. The van der Waals surface area contributed by atoms with Crippen LogP contribution < -0.4 is 41.2 Å². The molecule has 34 heteroatoms. The summed E-state index contributed by atoms with van der Waals surface area (Å²) in [5.74, 6) is -11.2. The average molecular weight is 1340 g/mol. The Morgan fingerprint density at radius 3 is 2.00 bits per heavy atom. The number of nitrogens with one attached hydrogen (secondary N) is 5. The van der Waals surface area contributed by atoms with Gasteiger partial charge in [0, 0.05) is 68.8 Å². The summed E-state index contributed by atoms with van der Waals surface area (Å²) in [7, 11) is 1.70. The number of β-amino-alcohol motifs (C(OH)–C–C–N with tert-alkyl or cyclic N) is 1. The number of ether oxygens (including phenoxy) is 2. The van der Waals surface area contributed by atoms with Crippen molar-refractivity contribution in [2.75, 3.05) is 40.0 Å². The molecule has 32 nitrogen and oxygen atoms in total. The van der Waals surface area contributed by atoms with E-state index in [1.807, 2.05) is 24.3 Å². The number of hydrogen-bond acceptors (Lipinski definition) is 26. The number of primary amides is 1. The van der Waals surface area contributed by atoms with Crippen LogP contribution in [0.4, 0.5) is 0 Å². The van der Waals surface area contributed by atoms with E-state index < -0.39 is 183 Å². The third-order valence-electron chi connectivity index (χ3n) is 15.9. The van der Waals surface area contributed by atoms with Gasteiger partial charge in [-0.1, -0.05) is 71.5 Å². The topological polar surface area (TPSA) is 483 Å². The quantitative estimate of drug-likeness (QED) is 0.0157. The number of aromatic hydroxyl groups is 1. The molecule has 1 aromatic heterocycles. The Balaban J connectivity index is 1.15. The number of nitrogens with two attached hydrogens (primary N) is 1. The Morgan fingerprint density at radius 1 is 0.753 bits per heavy atom. The molecule has 14 atom stereocenters. The second-order valence-electron chi connectivity index (χ2n) is 22.8. The molecule has 3 saturated heterocycles. The minimum Gasteiger partial charge on any atom is -0.504 e. The van der Waals surface area contributed by atoms with Crippen molar-refractivity contribution in [3.63, 3.8) is 0 Å². The molecule has 3 aromatic carbocycles. The van der Waals surface area contributed by atoms with Gasteiger partial charge in [-0.15, -0.1) is 10.2 Å². The van der Waals surface area contributed by atoms with E-state index in [2.05, 4.69) is 46.2 Å². The van der Waals surface area contributed by atoms with Crippen LogP contribution in [0.15, 0.2) is 66.7 Å². The molecule has 508 valence electrons. The number of carbonyl (C=O) groups excluding carboxylic acids is 8. The molecular formula is C59H78N10O22S2. The summed E-state index contributed by atoms with van der Waals surface area (Å²) in [4.78, 5) is 115. The predicted octanol–water partition coefficient (Wildman–Crippen LogP) is -1.38. The van der Waals surface area contributed by atoms with E-state index in [-0.39, 0.29) is 23.5 Å². The van der Waals surface area contributed by atoms with E-state index in [0.29, 0.717) is 27.9 Å². The molecule has 3 fully saturated rings. The zero-order chi connectivity index (χ0) is 67.6. The molecule has 4 aromatic rings. The molecule has 0 radical (unpaired) electrons. The second-order valence-corrected chi connectivity index (χ2v) is 24.2. The lowest BCUT2D eigenvalue weighted by atomic mass is 9.96. The third-order valence-corrected chi connectivity index (χ3v) is 17.3. The minimum absolute atomic E-state index is 0.0137. The van der Waals surface area contributed by atoms with Crippen molar-refractivity contribution >= 4 is 70.9 Å². The Bertz CT molecular complexity index is 3210. The smallest absolute Gasteiger partial charge is 0.261 e. The van der Waals surface area contributed by atoms with Gasteiger partial charge in [-0.05, 0) is 73.9 Å². The number of rotatable bonds is 25. The number of fused-ring (bicyclic) bond motifs is 2. The lowest BCUT2D eigenvalue weighted by Gasteiger charge is -2.34. The zero-order valence-electron chi connectivity index (χ0n) is 50.8. The second kappa shape index (κ2) is 34.4. The van der Waals surface area contributed by atoms with E-state index in [9.17, 15) is 79.2 Å². The fourth-order valence-corrected chi connectivity index (χ4v) is 12.0. The standard InChI is InChI=1S/C59H78N10O22S2/c1-29-27-69-47(48(29)76)55(83)61-26-35(71)23-38(62-51(79)31-10-12-32(13-11-31)56-66-67-57(92-56)33-14-17-37(18-15-33)88-21-9-7-5-4-6-8-20-87-3)52(80)63-44(30(2)70)58(84)68-28-36(72)24-39(68)53(81)65-46(54(82)64-45(59(69)85)41(74)25-43(60)75)50(78)49(77)34-16-19-40(73)42(22-34)89-93-91-90-86/h10-19,22,29-30,35-36,38-39,41,44-50,70-74,76-78,86H,4-9,20-21,23-28H2,1-3H3,(H2,60,75)(H,61,83)(H,62,79)(H,63,80)(H,64,82)(H,65,81)/t29?,30?,35?,36?,38-,39?,41?,44?,45?,46?,47?,48?,49?,50?/m0/s1. The Kier molecular flexibility index (Phi) is 26.9. The van der Waals surface area contributed by atoms with Gasteiger partial charge in [-0.2, -0.15) is 0 Å². The van der Waals surface area contributed by atoms with E-state index in [4.69, 9.17) is 24.6 Å². The molecule has 0 saturated carbocycles. The van der Waals surface area contributed by atoms with Crippen LogP contribution >= 0.6 is 23.7 Å². The Morgan fingerprint density at radius 2 is 1.37 bits per heavy atom. The van der Waals surface area contributed by atoms with Crippen molar-refractivity contribution < 1.29 is 107 Å². The summed E-state index contributed by atoms with van der Waals surface area (Å²) in [5.41, 5.74) is 6.38. The first-order valence-corrected chi connectivity index (χ1v) is 31.3. The van der Waals surface area contributed by atoms with Crippen molar-refractivity contribution in [1.29, 1.82) is 0 Å². The molecule has 3 aliphatic heterocycles. The number of hydrogen-bond donors (Lipinski definition) is 15. The highest BCUT2D eigenvalue weighted by Crippen LogP contribution is 2.35. The van der Waals surface area contributed by atoms with Gasteiger partial charge in [0.2, 0.25) is 41.4 Å². The minimum atomic E-state index is -2.53. The number of aliphatic hydroxyl groups is 7. The van der Waals surface area contributed by atoms with Crippen molar-refractivity contribution in [3.05, 3.63) is 77.9 Å². The summed E-state index contributed by atoms with van der Waals surface area (Å²) < 4.78 is 20.2. The van der Waals surface area contributed by atoms with Crippen molar-refractivity contribution in [2.45, 2.75) is 151 Å². The lowest BCUT2D eigenvalue weighted by Crippen LogP contribution is -2.64. The summed E-state index contributed by atoms with van der Waals surface area (Å²) in [6.45, 7) is 2.04. The van der Waals surface area contributed by atoms with Crippen molar-refractivity contribution in [2.24, 2.45) is 11.7 Å². The fraction of sp³-hybridized carbons (Fsp3) is 0.525. The zero-order valence-corrected chi connectivity index (χ0v) is 52.5. The molecule has 0 bridgehead atoms. The van der Waals surface area contributed by atoms with Crippen LogP contribution in [0, 0.1) is 5.92 Å². The normalized spacial score (nSPS) is 24.8. The molecule has 7 rings (SSSR count). The van der Waals surface area contributed by atoms with Gasteiger partial charge in [0.25, 0.3) is 18.2 Å². The monoisotopic (exact) mass is 1340 g/mol. The predicted molar refractivity (Wildman–Crippen MR) is 327 cm³/mol. The molecule has 0 spiro atoms. The maximum atomic E-state index is 14.7. The highest BCUT2D eigenvalue weighted by atomic mass is 32.2. The Labute approximate surface area is 541 Å². The molecule has 93 heavy (non-hydrogen) atoms. The first kappa shape index (κ1) is 72.7. The van der Waals surface area contributed by atoms with Gasteiger partial charge in [-0.3, -0.25) is 38.4 Å². The molecular weight excluding hydrogens is 1260 g/mol. The van der Waals surface area contributed by atoms with Crippen LogP contribution in [0.1, 0.15) is 93.7 Å². The third kappa shape index (κ3) is 19.5. The number of phenols is 1. The number of methoxy groups -OCH3 is 1. The number of amides is 8. The maximum absolute atomic E-state index is 14.7. The number of aliphatic hydroxyl groups excluding tert-OH is 7. The van der Waals surface area contributed by atoms with E-state index >= 15 is 0 Å². The lowest BCUT2D eigenvalue weighted by molar-refractivity contribution is -0.433. The number of unbranched alkanes of at least 4 members (excludes halogenated alkanes) is 5. The number of aromatic nitrogens is 2. The van der Waals surface area contributed by atoms with Gasteiger partial charge in [0.1, 0.15) is 64.2 Å². The molecule has 8 amide bonds. The number of nitrogens with zero attached hydrogens (tertiary/aromatic N) is 4. The van der Waals surface area contributed by atoms with Crippen LogP contribution in [-0.4, -0.2) is 226 Å². The van der Waals surface area contributed by atoms with E-state index in [1.54, 1.807) is 19.2 Å². The largest absolute Gasteiger partial charge is 0.504 e. The van der Waals surface area contributed by atoms with Gasteiger partial charge >= 0.3 is 0 Å². The molecule has 3 aliphatic rings. The summed E-state index contributed by atoms with van der Waals surface area (Å²) in [6.07, 6.45) is -9.70. The van der Waals surface area contributed by atoms with Crippen molar-refractivity contribution in [3.8, 4) is 38.4 Å². The van der Waals surface area contributed by atoms with Gasteiger partial charge in [0.05, 0.1) is 43.5 Å². The number of phenolic OH excluding ortho intramolecular Hbond substituents is 1. The van der Waals surface area contributed by atoms with Crippen LogP contribution in [-0.2, 0) is 47.7 Å². The number of benzene rings is 3. The van der Waals surface area contributed by atoms with Gasteiger partial charge < -0.3 is 96.6 Å². The van der Waals surface area contributed by atoms with Crippen molar-refractivity contribution in [1.82, 2.24) is 46.6 Å². The first-order valence-electron chi connectivity index (χ1n) is 29.9. The highest BCUT2D eigenvalue weighted by Gasteiger charge is 2.50. The maximum Gasteiger partial charge on any atom is 0.261 e. The summed E-state index contributed by atoms with van der Waals surface area (Å²) in [6, 6.07) is 4.07. The van der Waals surface area contributed by atoms with E-state index in [0.717, 1.165) is 85.6 Å².